The Bertz CT molecular complexity index is 944. The summed E-state index contributed by atoms with van der Waals surface area (Å²) in [7, 11) is 0. The van der Waals surface area contributed by atoms with Crippen molar-refractivity contribution in [2.75, 3.05) is 11.6 Å². The maximum absolute atomic E-state index is 13.1. The molecule has 0 spiro atoms. The smallest absolute Gasteiger partial charge is 0.330 e. The monoisotopic (exact) mass is 413 g/mol. The second-order valence-electron chi connectivity index (χ2n) is 6.44. The minimum atomic E-state index is -4.74. The highest BCUT2D eigenvalue weighted by Crippen LogP contribution is 2.36. The minimum Gasteiger partial charge on any atom is -0.330 e. The van der Waals surface area contributed by atoms with Crippen LogP contribution < -0.4 is 16.0 Å². The summed E-state index contributed by atoms with van der Waals surface area (Å²) in [6.07, 6.45) is -1.70. The fourth-order valence-corrected chi connectivity index (χ4v) is 3.57. The van der Waals surface area contributed by atoms with Crippen LogP contribution in [-0.2, 0) is 6.18 Å². The molecule has 3 N–H and O–H groups in total. The molecule has 0 aliphatic carbocycles. The van der Waals surface area contributed by atoms with Crippen LogP contribution in [-0.4, -0.2) is 38.6 Å². The van der Waals surface area contributed by atoms with E-state index in [1.54, 1.807) is 17.3 Å². The number of alkyl halides is 3. The number of hydrogen-bond donors (Lipinski definition) is 3. The zero-order valence-corrected chi connectivity index (χ0v) is 15.3. The molecule has 8 nitrogen and oxygen atoms in total. The van der Waals surface area contributed by atoms with Gasteiger partial charge in [-0.05, 0) is 13.0 Å². The first-order valence-corrected chi connectivity index (χ1v) is 8.71. The van der Waals surface area contributed by atoms with E-state index in [9.17, 15) is 18.0 Å². The third kappa shape index (κ3) is 3.06. The number of hydrogen-bond acceptors (Lipinski definition) is 6. The van der Waals surface area contributed by atoms with Crippen molar-refractivity contribution in [2.24, 2.45) is 0 Å². The first-order valence-electron chi connectivity index (χ1n) is 8.33. The Labute approximate surface area is 162 Å². The molecule has 4 heterocycles. The predicted molar refractivity (Wildman–Crippen MR) is 93.7 cm³/mol. The van der Waals surface area contributed by atoms with Gasteiger partial charge >= 0.3 is 6.18 Å². The van der Waals surface area contributed by atoms with E-state index in [1.807, 2.05) is 6.92 Å². The normalized spacial score (nSPS) is 19.7. The first kappa shape index (κ1) is 18.6. The summed E-state index contributed by atoms with van der Waals surface area (Å²) in [5.74, 6) is 0.134. The average molecular weight is 414 g/mol. The van der Waals surface area contributed by atoms with Gasteiger partial charge in [-0.25, -0.2) is 5.01 Å². The number of pyridine rings is 1. The van der Waals surface area contributed by atoms with Crippen molar-refractivity contribution in [1.29, 1.82) is 0 Å². The van der Waals surface area contributed by atoms with E-state index >= 15 is 0 Å². The van der Waals surface area contributed by atoms with Crippen molar-refractivity contribution in [3.05, 3.63) is 52.2 Å². The van der Waals surface area contributed by atoms with Crippen LogP contribution in [0.25, 0.3) is 0 Å². The van der Waals surface area contributed by atoms with Crippen molar-refractivity contribution in [1.82, 2.24) is 31.0 Å². The van der Waals surface area contributed by atoms with E-state index in [0.717, 1.165) is 23.4 Å². The minimum absolute atomic E-state index is 0.187. The van der Waals surface area contributed by atoms with Crippen LogP contribution in [0, 0.1) is 0 Å². The van der Waals surface area contributed by atoms with Gasteiger partial charge in [-0.1, -0.05) is 11.6 Å². The number of nitrogens with one attached hydrogen (secondary N) is 3. The average Bonchev–Trinajstić information content (AvgIpc) is 3.28. The molecule has 2 aromatic rings. The molecule has 28 heavy (non-hydrogen) atoms. The molecule has 0 saturated carbocycles. The molecule has 2 aromatic heterocycles. The number of aromatic nitrogens is 3. The molecular formula is C16H15ClF3N7O. The molecule has 0 aromatic carbocycles. The van der Waals surface area contributed by atoms with E-state index in [1.165, 1.54) is 11.0 Å². The second-order valence-corrected chi connectivity index (χ2v) is 6.82. The van der Waals surface area contributed by atoms with Crippen LogP contribution in [0.1, 0.15) is 29.4 Å². The number of amides is 1. The number of halogens is 4. The van der Waals surface area contributed by atoms with E-state index in [2.05, 4.69) is 26.1 Å². The molecule has 1 atom stereocenters. The number of aromatic amines is 1. The molecule has 4 rings (SSSR count). The van der Waals surface area contributed by atoms with Gasteiger partial charge in [-0.3, -0.25) is 14.9 Å². The lowest BCUT2D eigenvalue weighted by molar-refractivity contribution is -0.141. The van der Waals surface area contributed by atoms with E-state index in [-0.39, 0.29) is 18.2 Å². The molecule has 0 bridgehead atoms. The fraction of sp³-hybridized carbons (Fsp3) is 0.312. The molecule has 148 valence electrons. The Morgan fingerprint density at radius 2 is 2.11 bits per heavy atom. The summed E-state index contributed by atoms with van der Waals surface area (Å²) in [6, 6.07) is 2.72. The number of hydrazine groups is 2. The Kier molecular flexibility index (Phi) is 4.42. The van der Waals surface area contributed by atoms with E-state index < -0.39 is 22.8 Å². The van der Waals surface area contributed by atoms with Crippen LogP contribution in [0.5, 0.6) is 0 Å². The predicted octanol–water partition coefficient (Wildman–Crippen LogP) is 2.45. The van der Waals surface area contributed by atoms with Crippen LogP contribution in [0.3, 0.4) is 0 Å². The maximum atomic E-state index is 13.1. The number of carbonyl (C=O) groups excluding carboxylic acids is 1. The number of H-pyrrole nitrogens is 1. The summed E-state index contributed by atoms with van der Waals surface area (Å²) in [4.78, 5) is 17.7. The van der Waals surface area contributed by atoms with Gasteiger partial charge in [0, 0.05) is 24.7 Å². The van der Waals surface area contributed by atoms with Crippen molar-refractivity contribution >= 4 is 23.3 Å². The maximum Gasteiger partial charge on any atom is 0.434 e. The van der Waals surface area contributed by atoms with Crippen LogP contribution in [0.15, 0.2) is 35.9 Å². The van der Waals surface area contributed by atoms with Gasteiger partial charge in [0.1, 0.15) is 5.82 Å². The molecule has 0 fully saturated rings. The molecule has 2 aliphatic rings. The number of rotatable bonds is 2. The summed E-state index contributed by atoms with van der Waals surface area (Å²) in [5.41, 5.74) is 6.13. The number of carbonyl (C=O) groups is 1. The summed E-state index contributed by atoms with van der Waals surface area (Å²) in [5, 5.41) is 7.84. The van der Waals surface area contributed by atoms with Gasteiger partial charge in [-0.2, -0.15) is 18.3 Å². The van der Waals surface area contributed by atoms with Crippen molar-refractivity contribution in [2.45, 2.75) is 25.6 Å². The first-order chi connectivity index (χ1) is 13.3. The molecule has 2 aliphatic heterocycles. The van der Waals surface area contributed by atoms with E-state index in [4.69, 9.17) is 11.6 Å². The SMILES string of the molecule is C[C@H]1CC2=C(CN1C(=O)c1ccnc(C(F)(F)F)c1Cl)NNN2c1ccn[nH]1. The number of nitrogens with zero attached hydrogens (tertiary/aromatic N) is 4. The van der Waals surface area contributed by atoms with Crippen molar-refractivity contribution < 1.29 is 18.0 Å². The highest BCUT2D eigenvalue weighted by atomic mass is 35.5. The highest BCUT2D eigenvalue weighted by Gasteiger charge is 2.39. The lowest BCUT2D eigenvalue weighted by Crippen LogP contribution is -2.44. The van der Waals surface area contributed by atoms with Gasteiger partial charge in [0.2, 0.25) is 0 Å². The Balaban J connectivity index is 1.62. The molecular weight excluding hydrogens is 399 g/mol. The van der Waals surface area contributed by atoms with Crippen molar-refractivity contribution in [3.63, 3.8) is 0 Å². The highest BCUT2D eigenvalue weighted by molar-refractivity contribution is 6.34. The molecule has 1 amide bonds. The van der Waals surface area contributed by atoms with Gasteiger partial charge in [0.25, 0.3) is 5.91 Å². The summed E-state index contributed by atoms with van der Waals surface area (Å²) >= 11 is 5.87. The Hall–Kier alpha value is -2.79. The van der Waals surface area contributed by atoms with Gasteiger partial charge in [0.05, 0.1) is 34.7 Å². The molecule has 12 heteroatoms. The van der Waals surface area contributed by atoms with Crippen LogP contribution >= 0.6 is 11.6 Å². The third-order valence-electron chi connectivity index (χ3n) is 4.66. The van der Waals surface area contributed by atoms with Crippen LogP contribution in [0.2, 0.25) is 5.02 Å². The standard InChI is InChI=1S/C16H15ClF3N7O/c1-8-6-11-10(23-25-27(11)12-3-5-22-24-12)7-26(8)15(28)9-2-4-21-14(13(9)17)16(18,19)20/h2-5,8,23,25H,6-7H2,1H3,(H,22,24)/t8-/m0/s1. The fourth-order valence-electron chi connectivity index (χ4n) is 3.27. The topological polar surface area (TPSA) is 89.2 Å². The molecule has 0 saturated heterocycles. The van der Waals surface area contributed by atoms with Gasteiger partial charge in [0.15, 0.2) is 5.69 Å². The zero-order chi connectivity index (χ0) is 20.1. The molecule has 0 radical (unpaired) electrons. The van der Waals surface area contributed by atoms with Gasteiger partial charge in [-0.15, -0.1) is 5.53 Å². The summed E-state index contributed by atoms with van der Waals surface area (Å²) in [6.45, 7) is 2.01. The third-order valence-corrected chi connectivity index (χ3v) is 5.04. The molecule has 0 unspecified atom stereocenters. The van der Waals surface area contributed by atoms with Gasteiger partial charge < -0.3 is 10.3 Å². The van der Waals surface area contributed by atoms with Crippen molar-refractivity contribution in [3.8, 4) is 0 Å². The van der Waals surface area contributed by atoms with E-state index in [0.29, 0.717) is 6.42 Å². The van der Waals surface area contributed by atoms with Crippen LogP contribution in [0.4, 0.5) is 19.0 Å². The summed E-state index contributed by atoms with van der Waals surface area (Å²) < 4.78 is 39.2. The second kappa shape index (κ2) is 6.67. The largest absolute Gasteiger partial charge is 0.434 e. The Morgan fingerprint density at radius 1 is 1.32 bits per heavy atom. The number of anilines is 1. The quantitative estimate of drug-likeness (QED) is 0.701. The Morgan fingerprint density at radius 3 is 2.79 bits per heavy atom. The zero-order valence-electron chi connectivity index (χ0n) is 14.5. The lowest BCUT2D eigenvalue weighted by atomic mass is 10.0. The lowest BCUT2D eigenvalue weighted by Gasteiger charge is -2.35.